The Morgan fingerprint density at radius 3 is 2.12 bits per heavy atom. The molecule has 0 aliphatic carbocycles. The number of nitrogens with zero attached hydrogens (tertiary/aromatic N) is 3. The summed E-state index contributed by atoms with van der Waals surface area (Å²) in [5, 5.41) is 0. The lowest BCUT2D eigenvalue weighted by atomic mass is 10.2. The second-order valence-electron chi connectivity index (χ2n) is 5.73. The molecular formula is C15H20BrN3O4S. The van der Waals surface area contributed by atoms with E-state index >= 15 is 0 Å². The number of halogens is 1. The first-order valence-corrected chi connectivity index (χ1v) is 9.64. The normalized spacial score (nSPS) is 15.7. The number of sulfonamides is 1. The molecule has 0 saturated carbocycles. The van der Waals surface area contributed by atoms with Crippen LogP contribution >= 0.6 is 15.9 Å². The summed E-state index contributed by atoms with van der Waals surface area (Å²) in [5.41, 5.74) is 0.315. The van der Waals surface area contributed by atoms with E-state index in [1.54, 1.807) is 21.9 Å². The van der Waals surface area contributed by atoms with Gasteiger partial charge in [0.2, 0.25) is 15.9 Å². The summed E-state index contributed by atoms with van der Waals surface area (Å²) >= 11 is 3.23. The molecule has 2 rings (SSSR count). The number of carbonyl (C=O) groups excluding carboxylic acids is 2. The Bertz CT molecular complexity index is 756. The van der Waals surface area contributed by atoms with Crippen molar-refractivity contribution in [1.82, 2.24) is 14.1 Å². The van der Waals surface area contributed by atoms with Crippen molar-refractivity contribution in [1.29, 1.82) is 0 Å². The minimum Gasteiger partial charge on any atom is -0.339 e. The summed E-state index contributed by atoms with van der Waals surface area (Å²) in [6.07, 6.45) is 0. The lowest BCUT2D eigenvalue weighted by molar-refractivity contribution is -0.130. The van der Waals surface area contributed by atoms with Crippen molar-refractivity contribution in [2.24, 2.45) is 0 Å². The van der Waals surface area contributed by atoms with E-state index in [-0.39, 0.29) is 16.7 Å². The molecule has 1 saturated heterocycles. The van der Waals surface area contributed by atoms with E-state index < -0.39 is 10.0 Å². The van der Waals surface area contributed by atoms with E-state index in [1.807, 2.05) is 0 Å². The van der Waals surface area contributed by atoms with Crippen molar-refractivity contribution in [3.63, 3.8) is 0 Å². The van der Waals surface area contributed by atoms with Crippen molar-refractivity contribution in [2.45, 2.75) is 11.8 Å². The first-order chi connectivity index (χ1) is 11.1. The third-order valence-corrected chi connectivity index (χ3v) is 6.76. The fourth-order valence-electron chi connectivity index (χ4n) is 2.44. The number of amides is 2. The summed E-state index contributed by atoms with van der Waals surface area (Å²) in [6.45, 7) is 3.35. The highest BCUT2D eigenvalue weighted by molar-refractivity contribution is 9.10. The van der Waals surface area contributed by atoms with Gasteiger partial charge >= 0.3 is 0 Å². The molecule has 9 heteroatoms. The van der Waals surface area contributed by atoms with Gasteiger partial charge in [-0.15, -0.1) is 0 Å². The summed E-state index contributed by atoms with van der Waals surface area (Å²) < 4.78 is 26.2. The van der Waals surface area contributed by atoms with E-state index in [9.17, 15) is 18.0 Å². The molecule has 1 aliphatic rings. The molecule has 0 N–H and O–H groups in total. The number of carbonyl (C=O) groups is 2. The molecule has 2 amide bonds. The maximum atomic E-state index is 12.6. The highest BCUT2D eigenvalue weighted by Crippen LogP contribution is 2.26. The molecule has 0 atom stereocenters. The fourth-order valence-corrected chi connectivity index (χ4v) is 4.28. The van der Waals surface area contributed by atoms with Crippen LogP contribution in [0.5, 0.6) is 0 Å². The van der Waals surface area contributed by atoms with E-state index in [1.165, 1.54) is 27.1 Å². The van der Waals surface area contributed by atoms with E-state index in [2.05, 4.69) is 15.9 Å². The average Bonchev–Trinajstić information content (AvgIpc) is 2.54. The molecule has 0 bridgehead atoms. The first-order valence-electron chi connectivity index (χ1n) is 7.41. The minimum atomic E-state index is -3.65. The summed E-state index contributed by atoms with van der Waals surface area (Å²) in [7, 11) is -0.768. The van der Waals surface area contributed by atoms with Crippen molar-refractivity contribution in [2.75, 3.05) is 40.3 Å². The van der Waals surface area contributed by atoms with Crippen LogP contribution in [0.3, 0.4) is 0 Å². The van der Waals surface area contributed by atoms with Gasteiger partial charge in [0.1, 0.15) is 0 Å². The summed E-state index contributed by atoms with van der Waals surface area (Å²) in [6, 6.07) is 4.55. The van der Waals surface area contributed by atoms with Crippen LogP contribution in [-0.2, 0) is 14.8 Å². The van der Waals surface area contributed by atoms with Gasteiger partial charge in [-0.1, -0.05) is 0 Å². The molecule has 7 nitrogen and oxygen atoms in total. The zero-order valence-corrected chi connectivity index (χ0v) is 16.2. The van der Waals surface area contributed by atoms with Gasteiger partial charge in [-0.3, -0.25) is 9.59 Å². The largest absolute Gasteiger partial charge is 0.339 e. The number of hydrogen-bond acceptors (Lipinski definition) is 4. The molecule has 1 aliphatic heterocycles. The summed E-state index contributed by atoms with van der Waals surface area (Å²) in [4.78, 5) is 27.4. The lowest BCUT2D eigenvalue weighted by Crippen LogP contribution is -2.50. The SMILES string of the molecule is CC(=O)N1CCN(C(=O)c2ccc(Br)c(S(=O)(=O)N(C)C)c2)CC1. The fraction of sp³-hybridized carbons (Fsp3) is 0.467. The van der Waals surface area contributed by atoms with Gasteiger partial charge in [0.05, 0.1) is 4.90 Å². The van der Waals surface area contributed by atoms with Crippen LogP contribution in [0.1, 0.15) is 17.3 Å². The van der Waals surface area contributed by atoms with Crippen LogP contribution < -0.4 is 0 Å². The monoisotopic (exact) mass is 417 g/mol. The molecular weight excluding hydrogens is 398 g/mol. The van der Waals surface area contributed by atoms with E-state index in [0.717, 1.165) is 4.31 Å². The van der Waals surface area contributed by atoms with Crippen LogP contribution in [-0.4, -0.2) is 74.6 Å². The van der Waals surface area contributed by atoms with Gasteiger partial charge in [-0.2, -0.15) is 0 Å². The molecule has 1 aromatic rings. The second kappa shape index (κ2) is 7.20. The van der Waals surface area contributed by atoms with Crippen LogP contribution in [0, 0.1) is 0 Å². The zero-order valence-electron chi connectivity index (χ0n) is 13.8. The van der Waals surface area contributed by atoms with Gasteiger partial charge in [-0.05, 0) is 34.1 Å². The number of piperazine rings is 1. The van der Waals surface area contributed by atoms with Crippen LogP contribution in [0.4, 0.5) is 0 Å². The Hall–Kier alpha value is -1.45. The smallest absolute Gasteiger partial charge is 0.254 e. The average molecular weight is 418 g/mol. The topological polar surface area (TPSA) is 78.0 Å². The lowest BCUT2D eigenvalue weighted by Gasteiger charge is -2.34. The maximum absolute atomic E-state index is 12.6. The van der Waals surface area contributed by atoms with Crippen LogP contribution in [0.25, 0.3) is 0 Å². The quantitative estimate of drug-likeness (QED) is 0.734. The molecule has 0 unspecified atom stereocenters. The highest BCUT2D eigenvalue weighted by atomic mass is 79.9. The standard InChI is InChI=1S/C15H20BrN3O4S/c1-11(20)18-6-8-19(9-7-18)15(21)12-4-5-13(16)14(10-12)24(22,23)17(2)3/h4-5,10H,6-9H2,1-3H3. The number of rotatable bonds is 3. The second-order valence-corrected chi connectivity index (χ2v) is 8.71. The van der Waals surface area contributed by atoms with Gasteiger partial charge in [0.15, 0.2) is 0 Å². The Labute approximate surface area is 150 Å². The molecule has 0 spiro atoms. The van der Waals surface area contributed by atoms with Crippen molar-refractivity contribution in [3.8, 4) is 0 Å². The maximum Gasteiger partial charge on any atom is 0.254 e. The minimum absolute atomic E-state index is 0.00916. The predicted octanol–water partition coefficient (Wildman–Crippen LogP) is 1.00. The first kappa shape index (κ1) is 18.9. The highest BCUT2D eigenvalue weighted by Gasteiger charge is 2.26. The van der Waals surface area contributed by atoms with E-state index in [0.29, 0.717) is 36.2 Å². The molecule has 24 heavy (non-hydrogen) atoms. The summed E-state index contributed by atoms with van der Waals surface area (Å²) in [5.74, 6) is -0.244. The molecule has 1 fully saturated rings. The molecule has 132 valence electrons. The van der Waals surface area contributed by atoms with Gasteiger partial charge in [-0.25, -0.2) is 12.7 Å². The Morgan fingerprint density at radius 1 is 1.08 bits per heavy atom. The third-order valence-electron chi connectivity index (χ3n) is 3.95. The number of hydrogen-bond donors (Lipinski definition) is 0. The van der Waals surface area contributed by atoms with Gasteiger partial charge in [0.25, 0.3) is 5.91 Å². The van der Waals surface area contributed by atoms with Crippen LogP contribution in [0.2, 0.25) is 0 Å². The zero-order chi connectivity index (χ0) is 18.1. The van der Waals surface area contributed by atoms with Crippen LogP contribution in [0.15, 0.2) is 27.6 Å². The van der Waals surface area contributed by atoms with E-state index in [4.69, 9.17) is 0 Å². The van der Waals surface area contributed by atoms with Gasteiger partial charge < -0.3 is 9.80 Å². The Morgan fingerprint density at radius 2 is 1.62 bits per heavy atom. The molecule has 1 aromatic carbocycles. The number of benzene rings is 1. The predicted molar refractivity (Wildman–Crippen MR) is 93.2 cm³/mol. The molecule has 0 aromatic heterocycles. The van der Waals surface area contributed by atoms with Crippen molar-refractivity contribution >= 4 is 37.8 Å². The third kappa shape index (κ3) is 3.79. The van der Waals surface area contributed by atoms with Gasteiger partial charge in [0, 0.05) is 57.2 Å². The van der Waals surface area contributed by atoms with Crippen molar-refractivity contribution in [3.05, 3.63) is 28.2 Å². The molecule has 1 heterocycles. The Kier molecular flexibility index (Phi) is 5.67. The van der Waals surface area contributed by atoms with Crippen molar-refractivity contribution < 1.29 is 18.0 Å². The Balaban J connectivity index is 2.24. The molecule has 0 radical (unpaired) electrons.